The van der Waals surface area contributed by atoms with Gasteiger partial charge in [0.15, 0.2) is 0 Å². The smallest absolute Gasteiger partial charge is 0.119 e. The molecule has 1 aliphatic rings. The van der Waals surface area contributed by atoms with E-state index in [2.05, 4.69) is 44.3 Å². The Kier molecular flexibility index (Phi) is 2.70. The molecule has 0 aromatic heterocycles. The van der Waals surface area contributed by atoms with E-state index in [1.165, 1.54) is 18.4 Å². The van der Waals surface area contributed by atoms with Gasteiger partial charge >= 0.3 is 0 Å². The second kappa shape index (κ2) is 3.77. The van der Waals surface area contributed by atoms with Gasteiger partial charge in [-0.25, -0.2) is 0 Å². The zero-order chi connectivity index (χ0) is 11.8. The number of methoxy groups -OCH3 is 1. The van der Waals surface area contributed by atoms with E-state index < -0.39 is 0 Å². The lowest BCUT2D eigenvalue weighted by Gasteiger charge is -2.29. The Labute approximate surface area is 98.0 Å². The summed E-state index contributed by atoms with van der Waals surface area (Å²) in [4.78, 5) is 0. The second-order valence-electron chi connectivity index (χ2n) is 5.57. The van der Waals surface area contributed by atoms with Gasteiger partial charge in [-0.3, -0.25) is 0 Å². The highest BCUT2D eigenvalue weighted by Gasteiger charge is 2.39. The first-order chi connectivity index (χ1) is 7.45. The first-order valence-electron chi connectivity index (χ1n) is 5.89. The highest BCUT2D eigenvalue weighted by molar-refractivity contribution is 5.34. The number of rotatable bonds is 2. The van der Waals surface area contributed by atoms with Crippen LogP contribution in [0.25, 0.3) is 0 Å². The van der Waals surface area contributed by atoms with E-state index in [1.54, 1.807) is 7.11 Å². The molecule has 16 heavy (non-hydrogen) atoms. The van der Waals surface area contributed by atoms with Crippen molar-refractivity contribution in [3.63, 3.8) is 0 Å². The van der Waals surface area contributed by atoms with Gasteiger partial charge in [0.25, 0.3) is 0 Å². The molecule has 0 aliphatic carbocycles. The minimum atomic E-state index is 0.0814. The van der Waals surface area contributed by atoms with Crippen LogP contribution in [0.2, 0.25) is 0 Å². The minimum Gasteiger partial charge on any atom is -0.497 e. The minimum absolute atomic E-state index is 0.0814. The monoisotopic (exact) mass is 219 g/mol. The molecule has 2 nitrogen and oxygen atoms in total. The average Bonchev–Trinajstić information content (AvgIpc) is 2.55. The molecule has 1 heterocycles. The second-order valence-corrected chi connectivity index (χ2v) is 5.57. The number of benzene rings is 1. The Morgan fingerprint density at radius 3 is 2.50 bits per heavy atom. The fourth-order valence-corrected chi connectivity index (χ4v) is 2.62. The van der Waals surface area contributed by atoms with Crippen LogP contribution >= 0.6 is 0 Å². The molecule has 1 N–H and O–H groups in total. The maximum atomic E-state index is 5.28. The van der Waals surface area contributed by atoms with E-state index in [9.17, 15) is 0 Å². The zero-order valence-electron chi connectivity index (χ0n) is 10.6. The molecule has 0 amide bonds. The Balaban J connectivity index is 2.30. The summed E-state index contributed by atoms with van der Waals surface area (Å²) in [5, 5.41) is 3.72. The first kappa shape index (κ1) is 11.5. The molecule has 1 atom stereocenters. The lowest BCUT2D eigenvalue weighted by molar-refractivity contribution is 0.351. The predicted octanol–water partition coefficient (Wildman–Crippen LogP) is 3.07. The van der Waals surface area contributed by atoms with E-state index in [0.29, 0.717) is 0 Å². The molecule has 1 aromatic rings. The largest absolute Gasteiger partial charge is 0.497 e. The predicted molar refractivity (Wildman–Crippen MR) is 66.8 cm³/mol. The molecular formula is C14H21NO. The summed E-state index contributed by atoms with van der Waals surface area (Å²) in [7, 11) is 1.72. The summed E-state index contributed by atoms with van der Waals surface area (Å²) >= 11 is 0. The Bertz CT molecular complexity index is 386. The van der Waals surface area contributed by atoms with Crippen LogP contribution in [0, 0.1) is 0 Å². The van der Waals surface area contributed by atoms with Crippen LogP contribution in [-0.2, 0) is 5.54 Å². The van der Waals surface area contributed by atoms with Gasteiger partial charge in [-0.1, -0.05) is 12.1 Å². The lowest BCUT2D eigenvalue weighted by atomic mass is 9.90. The number of ether oxygens (including phenoxy) is 1. The molecule has 2 rings (SSSR count). The van der Waals surface area contributed by atoms with Crippen molar-refractivity contribution in [3.8, 4) is 5.75 Å². The van der Waals surface area contributed by atoms with Crippen molar-refractivity contribution in [2.45, 2.75) is 44.7 Å². The molecule has 1 aromatic carbocycles. The fraction of sp³-hybridized carbons (Fsp3) is 0.571. The van der Waals surface area contributed by atoms with Gasteiger partial charge in [0.05, 0.1) is 7.11 Å². The molecule has 0 spiro atoms. The maximum absolute atomic E-state index is 5.28. The highest BCUT2D eigenvalue weighted by Crippen LogP contribution is 2.38. The summed E-state index contributed by atoms with van der Waals surface area (Å²) < 4.78 is 5.28. The third-order valence-corrected chi connectivity index (χ3v) is 3.57. The molecule has 88 valence electrons. The van der Waals surface area contributed by atoms with Crippen LogP contribution in [0.3, 0.4) is 0 Å². The Hall–Kier alpha value is -1.02. The standard InChI is InChI=1S/C14H21NO/c1-13(2)8-9-14(3,15-13)11-6-5-7-12(10-11)16-4/h5-7,10,15H,8-9H2,1-4H3. The highest BCUT2D eigenvalue weighted by atomic mass is 16.5. The van der Waals surface area contributed by atoms with Crippen LogP contribution in [0.1, 0.15) is 39.2 Å². The average molecular weight is 219 g/mol. The lowest BCUT2D eigenvalue weighted by Crippen LogP contribution is -2.43. The Morgan fingerprint density at radius 1 is 1.19 bits per heavy atom. The molecule has 1 saturated heterocycles. The van der Waals surface area contributed by atoms with E-state index in [-0.39, 0.29) is 11.1 Å². The van der Waals surface area contributed by atoms with Gasteiger partial charge in [-0.15, -0.1) is 0 Å². The van der Waals surface area contributed by atoms with Crippen molar-refractivity contribution in [2.75, 3.05) is 7.11 Å². The third-order valence-electron chi connectivity index (χ3n) is 3.57. The zero-order valence-corrected chi connectivity index (χ0v) is 10.6. The molecule has 1 unspecified atom stereocenters. The maximum Gasteiger partial charge on any atom is 0.119 e. The van der Waals surface area contributed by atoms with Gasteiger partial charge in [-0.05, 0) is 51.3 Å². The summed E-state index contributed by atoms with van der Waals surface area (Å²) in [6, 6.07) is 8.37. The van der Waals surface area contributed by atoms with Gasteiger partial charge in [0.2, 0.25) is 0 Å². The van der Waals surface area contributed by atoms with E-state index in [1.807, 2.05) is 6.07 Å². The van der Waals surface area contributed by atoms with Crippen LogP contribution < -0.4 is 10.1 Å². The van der Waals surface area contributed by atoms with Crippen molar-refractivity contribution in [1.29, 1.82) is 0 Å². The first-order valence-corrected chi connectivity index (χ1v) is 5.89. The normalized spacial score (nSPS) is 28.0. The van der Waals surface area contributed by atoms with Gasteiger partial charge < -0.3 is 10.1 Å². The quantitative estimate of drug-likeness (QED) is 0.825. The summed E-state index contributed by atoms with van der Waals surface area (Å²) in [6.45, 7) is 6.80. The van der Waals surface area contributed by atoms with E-state index in [0.717, 1.165) is 5.75 Å². The number of hydrogen-bond acceptors (Lipinski definition) is 2. The number of nitrogens with one attached hydrogen (secondary N) is 1. The van der Waals surface area contributed by atoms with Crippen molar-refractivity contribution in [3.05, 3.63) is 29.8 Å². The van der Waals surface area contributed by atoms with Crippen molar-refractivity contribution in [2.24, 2.45) is 0 Å². The molecule has 1 aliphatic heterocycles. The van der Waals surface area contributed by atoms with Crippen LogP contribution in [0.15, 0.2) is 24.3 Å². The SMILES string of the molecule is COc1cccc(C2(C)CCC(C)(C)N2)c1. The third kappa shape index (κ3) is 2.07. The number of hydrogen-bond donors (Lipinski definition) is 1. The molecule has 2 heteroatoms. The molecule has 0 radical (unpaired) electrons. The van der Waals surface area contributed by atoms with E-state index >= 15 is 0 Å². The van der Waals surface area contributed by atoms with Crippen molar-refractivity contribution < 1.29 is 4.74 Å². The summed E-state index contributed by atoms with van der Waals surface area (Å²) in [5.74, 6) is 0.935. The van der Waals surface area contributed by atoms with Crippen molar-refractivity contribution in [1.82, 2.24) is 5.32 Å². The van der Waals surface area contributed by atoms with Gasteiger partial charge in [-0.2, -0.15) is 0 Å². The molecule has 1 fully saturated rings. The fourth-order valence-electron chi connectivity index (χ4n) is 2.62. The summed E-state index contributed by atoms with van der Waals surface area (Å²) in [6.07, 6.45) is 2.38. The Morgan fingerprint density at radius 2 is 1.94 bits per heavy atom. The molecular weight excluding hydrogens is 198 g/mol. The molecule has 0 saturated carbocycles. The van der Waals surface area contributed by atoms with Gasteiger partial charge in [0.1, 0.15) is 5.75 Å². The van der Waals surface area contributed by atoms with E-state index in [4.69, 9.17) is 4.74 Å². The van der Waals surface area contributed by atoms with Crippen LogP contribution in [0.4, 0.5) is 0 Å². The van der Waals surface area contributed by atoms with Crippen molar-refractivity contribution >= 4 is 0 Å². The topological polar surface area (TPSA) is 21.3 Å². The van der Waals surface area contributed by atoms with Crippen LogP contribution in [0.5, 0.6) is 5.75 Å². The summed E-state index contributed by atoms with van der Waals surface area (Å²) in [5.41, 5.74) is 1.63. The molecule has 0 bridgehead atoms. The van der Waals surface area contributed by atoms with Gasteiger partial charge in [0, 0.05) is 11.1 Å². The van der Waals surface area contributed by atoms with Crippen LogP contribution in [-0.4, -0.2) is 12.6 Å².